The molecule has 6 rings (SSSR count). The number of rotatable bonds is 0. The van der Waals surface area contributed by atoms with Crippen LogP contribution in [0.15, 0.2) is 12.2 Å². The molecule has 0 radical (unpaired) electrons. The quantitative estimate of drug-likeness (QED) is 0.373. The average Bonchev–Trinajstić information content (AvgIpc) is 3.00. The van der Waals surface area contributed by atoms with Gasteiger partial charge in [0.1, 0.15) is 5.78 Å². The maximum absolute atomic E-state index is 12.9. The lowest BCUT2D eigenvalue weighted by Crippen LogP contribution is -2.70. The third-order valence-electron chi connectivity index (χ3n) is 13.6. The number of allylic oxidation sites excluding steroid dienone is 1. The van der Waals surface area contributed by atoms with Crippen molar-refractivity contribution in [3.63, 3.8) is 0 Å². The molecule has 32 heavy (non-hydrogen) atoms. The van der Waals surface area contributed by atoms with Gasteiger partial charge in [0.15, 0.2) is 0 Å². The molecule has 2 nitrogen and oxygen atoms in total. The van der Waals surface area contributed by atoms with E-state index in [-0.39, 0.29) is 27.3 Å². The van der Waals surface area contributed by atoms with E-state index in [1.165, 1.54) is 38.5 Å². The van der Waals surface area contributed by atoms with Gasteiger partial charge in [0.25, 0.3) is 0 Å². The minimum atomic E-state index is -0.183. The molecule has 2 bridgehead atoms. The van der Waals surface area contributed by atoms with Crippen LogP contribution in [0.4, 0.5) is 0 Å². The zero-order valence-electron chi connectivity index (χ0n) is 21.7. The Balaban J connectivity index is 1.50. The average molecular weight is 439 g/mol. The third-order valence-corrected chi connectivity index (χ3v) is 13.6. The summed E-state index contributed by atoms with van der Waals surface area (Å²) < 4.78 is 7.13. The Bertz CT molecular complexity index is 887. The molecule has 1 aliphatic heterocycles. The molecule has 1 spiro atoms. The molecule has 6 aliphatic rings. The van der Waals surface area contributed by atoms with E-state index >= 15 is 0 Å². The van der Waals surface area contributed by atoms with Gasteiger partial charge in [-0.25, -0.2) is 0 Å². The zero-order chi connectivity index (χ0) is 22.9. The molecule has 10 atom stereocenters. The van der Waals surface area contributed by atoms with Crippen molar-refractivity contribution in [2.24, 2.45) is 56.7 Å². The Kier molecular flexibility index (Phi) is 4.19. The molecule has 0 aromatic carbocycles. The van der Waals surface area contributed by atoms with E-state index in [0.29, 0.717) is 29.0 Å². The summed E-state index contributed by atoms with van der Waals surface area (Å²) in [7, 11) is 0. The van der Waals surface area contributed by atoms with Crippen LogP contribution in [0.5, 0.6) is 0 Å². The normalized spacial score (nSPS) is 60.2. The Hall–Kier alpha value is -0.630. The van der Waals surface area contributed by atoms with Crippen molar-refractivity contribution in [2.45, 2.75) is 105 Å². The summed E-state index contributed by atoms with van der Waals surface area (Å²) in [5.74, 6) is 3.74. The molecule has 4 saturated carbocycles. The van der Waals surface area contributed by atoms with E-state index in [2.05, 4.69) is 60.6 Å². The van der Waals surface area contributed by atoms with Crippen LogP contribution >= 0.6 is 0 Å². The highest BCUT2D eigenvalue weighted by atomic mass is 16.5. The Labute approximate surface area is 196 Å². The molecule has 0 amide bonds. The third kappa shape index (κ3) is 2.13. The van der Waals surface area contributed by atoms with Crippen molar-refractivity contribution >= 4 is 5.78 Å². The van der Waals surface area contributed by atoms with Crippen molar-refractivity contribution in [1.29, 1.82) is 0 Å². The molecule has 0 aromatic rings. The lowest BCUT2D eigenvalue weighted by atomic mass is 9.32. The Morgan fingerprint density at radius 2 is 1.69 bits per heavy atom. The summed E-state index contributed by atoms with van der Waals surface area (Å²) >= 11 is 0. The summed E-state index contributed by atoms with van der Waals surface area (Å²) in [6, 6.07) is 0. The number of Topliss-reactive ketones (excluding diaryl/α,β-unsaturated/α-hetero) is 1. The number of carbonyl (C=O) groups excluding carboxylic acids is 1. The number of ether oxygens (including phenoxy) is 1. The van der Waals surface area contributed by atoms with Gasteiger partial charge in [-0.1, -0.05) is 60.6 Å². The highest BCUT2D eigenvalue weighted by Gasteiger charge is 2.77. The highest BCUT2D eigenvalue weighted by molar-refractivity contribution is 5.85. The second-order valence-corrected chi connectivity index (χ2v) is 14.6. The van der Waals surface area contributed by atoms with Gasteiger partial charge in [-0.15, -0.1) is 0 Å². The Morgan fingerprint density at radius 3 is 2.44 bits per heavy atom. The fraction of sp³-hybridized carbons (Fsp3) is 0.900. The number of hydrogen-bond donors (Lipinski definition) is 0. The highest BCUT2D eigenvalue weighted by Crippen LogP contribution is 2.78. The fourth-order valence-electron chi connectivity index (χ4n) is 11.4. The monoisotopic (exact) mass is 438 g/mol. The van der Waals surface area contributed by atoms with Gasteiger partial charge in [0.05, 0.1) is 12.2 Å². The second kappa shape index (κ2) is 6.13. The molecular weight excluding hydrogens is 392 g/mol. The van der Waals surface area contributed by atoms with Crippen molar-refractivity contribution in [3.8, 4) is 0 Å². The molecule has 1 saturated heterocycles. The van der Waals surface area contributed by atoms with E-state index in [1.807, 2.05) is 0 Å². The van der Waals surface area contributed by atoms with Crippen LogP contribution in [0.1, 0.15) is 99.8 Å². The first-order valence-corrected chi connectivity index (χ1v) is 13.7. The number of fused-ring (bicyclic) bond motifs is 4. The SMILES string of the molecule is CC1CCC23CCC4(C)C5(C)CCC6C(C)(C)C(=O)CCC6(C)C5C=CC4(OC2)C3C1C. The first-order valence-electron chi connectivity index (χ1n) is 13.7. The van der Waals surface area contributed by atoms with Crippen LogP contribution in [0.25, 0.3) is 0 Å². The van der Waals surface area contributed by atoms with Gasteiger partial charge >= 0.3 is 0 Å². The minimum absolute atomic E-state index is 0.0895. The summed E-state index contributed by atoms with van der Waals surface area (Å²) in [5, 5.41) is 0. The molecule has 5 aliphatic carbocycles. The van der Waals surface area contributed by atoms with Gasteiger partial charge in [0.2, 0.25) is 0 Å². The predicted octanol–water partition coefficient (Wildman–Crippen LogP) is 7.22. The lowest BCUT2D eigenvalue weighted by Gasteiger charge is -2.72. The van der Waals surface area contributed by atoms with E-state index in [9.17, 15) is 4.79 Å². The molecule has 2 heteroatoms. The van der Waals surface area contributed by atoms with Crippen molar-refractivity contribution in [1.82, 2.24) is 0 Å². The molecular formula is C30H46O2. The van der Waals surface area contributed by atoms with Crippen LogP contribution < -0.4 is 0 Å². The number of hydrogen-bond acceptors (Lipinski definition) is 2. The van der Waals surface area contributed by atoms with Gasteiger partial charge in [-0.05, 0) is 84.9 Å². The Morgan fingerprint density at radius 1 is 0.938 bits per heavy atom. The zero-order valence-corrected chi connectivity index (χ0v) is 21.7. The minimum Gasteiger partial charge on any atom is -0.369 e. The van der Waals surface area contributed by atoms with Gasteiger partial charge in [-0.2, -0.15) is 0 Å². The summed E-state index contributed by atoms with van der Waals surface area (Å²) in [4.78, 5) is 12.9. The van der Waals surface area contributed by atoms with Gasteiger partial charge in [-0.3, -0.25) is 4.79 Å². The van der Waals surface area contributed by atoms with E-state index in [4.69, 9.17) is 4.74 Å². The summed E-state index contributed by atoms with van der Waals surface area (Å²) in [5.41, 5.74) is 0.768. The maximum atomic E-state index is 12.9. The molecule has 0 aromatic heterocycles. The molecule has 5 fully saturated rings. The molecule has 10 unspecified atom stereocenters. The molecule has 0 N–H and O–H groups in total. The van der Waals surface area contributed by atoms with E-state index in [1.54, 1.807) is 0 Å². The summed E-state index contributed by atoms with van der Waals surface area (Å²) in [6.45, 7) is 18.3. The van der Waals surface area contributed by atoms with Gasteiger partial charge in [0, 0.05) is 23.2 Å². The number of carbonyl (C=O) groups is 1. The van der Waals surface area contributed by atoms with Crippen molar-refractivity contribution in [2.75, 3.05) is 6.61 Å². The molecule has 178 valence electrons. The maximum Gasteiger partial charge on any atom is 0.138 e. The van der Waals surface area contributed by atoms with Crippen LogP contribution in [0, 0.1) is 56.7 Å². The topological polar surface area (TPSA) is 26.3 Å². The van der Waals surface area contributed by atoms with Crippen molar-refractivity contribution < 1.29 is 9.53 Å². The first kappa shape index (κ1) is 21.9. The van der Waals surface area contributed by atoms with Crippen molar-refractivity contribution in [3.05, 3.63) is 12.2 Å². The molecule has 1 heterocycles. The first-order chi connectivity index (χ1) is 14.9. The van der Waals surface area contributed by atoms with E-state index < -0.39 is 0 Å². The van der Waals surface area contributed by atoms with Gasteiger partial charge < -0.3 is 4.74 Å². The lowest BCUT2D eigenvalue weighted by molar-refractivity contribution is -0.236. The fourth-order valence-corrected chi connectivity index (χ4v) is 11.4. The smallest absolute Gasteiger partial charge is 0.138 e. The number of ketones is 1. The van der Waals surface area contributed by atoms with Crippen LogP contribution in [-0.4, -0.2) is 18.0 Å². The summed E-state index contributed by atoms with van der Waals surface area (Å²) in [6.07, 6.45) is 14.9. The standard InChI is InChI=1S/C30H46O2/c1-19-8-14-29-17-16-28(7)27(6)13-9-21-25(3,4)23(31)11-12-26(21,5)22(27)10-15-30(28,32-18-29)24(29)20(19)2/h10,15,19-22,24H,8-9,11-14,16-18H2,1-7H3. The van der Waals surface area contributed by atoms with Crippen LogP contribution in [0.3, 0.4) is 0 Å². The van der Waals surface area contributed by atoms with E-state index in [0.717, 1.165) is 31.3 Å². The largest absolute Gasteiger partial charge is 0.369 e. The van der Waals surface area contributed by atoms with Crippen LogP contribution in [-0.2, 0) is 9.53 Å². The second-order valence-electron chi connectivity index (χ2n) is 14.6. The predicted molar refractivity (Wildman–Crippen MR) is 129 cm³/mol. The van der Waals surface area contributed by atoms with Crippen LogP contribution in [0.2, 0.25) is 0 Å².